The molecule has 0 aliphatic carbocycles. The molecule has 2 rings (SSSR count). The van der Waals surface area contributed by atoms with Crippen LogP contribution in [-0.4, -0.2) is 5.33 Å². The monoisotopic (exact) mass is 346 g/mol. The zero-order valence-electron chi connectivity index (χ0n) is 7.93. The Hall–Kier alpha value is -0.0500. The highest BCUT2D eigenvalue weighted by molar-refractivity contribution is 9.10. The average Bonchev–Trinajstić information content (AvgIpc) is 2.19. The summed E-state index contributed by atoms with van der Waals surface area (Å²) in [4.78, 5) is 0. The minimum atomic E-state index is 0.766. The molecule has 0 saturated carbocycles. The van der Waals surface area contributed by atoms with E-state index in [2.05, 4.69) is 50.1 Å². The second-order valence-corrected chi connectivity index (χ2v) is 5.47. The van der Waals surface area contributed by atoms with Gasteiger partial charge in [-0.15, -0.1) is 0 Å². The van der Waals surface area contributed by atoms with Crippen molar-refractivity contribution in [2.75, 3.05) is 5.33 Å². The topological polar surface area (TPSA) is 0 Å². The standard InChI is InChI=1S/C12H9Br2Cl/c13-4-3-8-1-2-9-6-10(15)7-12(14)11(9)5-8/h1-2,5-7H,3-4H2. The molecule has 0 saturated heterocycles. The molecule has 3 heteroatoms. The van der Waals surface area contributed by atoms with Crippen molar-refractivity contribution in [3.05, 3.63) is 45.4 Å². The minimum absolute atomic E-state index is 0.766. The molecule has 0 atom stereocenters. The summed E-state index contributed by atoms with van der Waals surface area (Å²) in [5.74, 6) is 0. The van der Waals surface area contributed by atoms with E-state index in [9.17, 15) is 0 Å². The van der Waals surface area contributed by atoms with Crippen LogP contribution in [0.4, 0.5) is 0 Å². The molecule has 2 aromatic rings. The van der Waals surface area contributed by atoms with Gasteiger partial charge in [0.2, 0.25) is 0 Å². The van der Waals surface area contributed by atoms with E-state index in [1.807, 2.05) is 12.1 Å². The van der Waals surface area contributed by atoms with Crippen LogP contribution in [0.2, 0.25) is 5.02 Å². The SMILES string of the molecule is Clc1cc(Br)c2cc(CCBr)ccc2c1. The van der Waals surface area contributed by atoms with Crippen LogP contribution in [0.5, 0.6) is 0 Å². The highest BCUT2D eigenvalue weighted by Gasteiger charge is 2.02. The predicted molar refractivity (Wildman–Crippen MR) is 74.2 cm³/mol. The third-order valence-corrected chi connectivity index (χ3v) is 3.59. The number of fused-ring (bicyclic) bond motifs is 1. The Bertz CT molecular complexity index is 494. The van der Waals surface area contributed by atoms with Crippen molar-refractivity contribution in [1.82, 2.24) is 0 Å². The Kier molecular flexibility index (Phi) is 3.70. The summed E-state index contributed by atoms with van der Waals surface area (Å²) >= 11 is 13.0. The fraction of sp³-hybridized carbons (Fsp3) is 0.167. The first-order valence-electron chi connectivity index (χ1n) is 4.64. The van der Waals surface area contributed by atoms with Crippen molar-refractivity contribution in [3.63, 3.8) is 0 Å². The lowest BCUT2D eigenvalue weighted by Gasteiger charge is -2.05. The summed E-state index contributed by atoms with van der Waals surface area (Å²) in [5.41, 5.74) is 1.34. The average molecular weight is 348 g/mol. The van der Waals surface area contributed by atoms with E-state index in [-0.39, 0.29) is 0 Å². The first kappa shape index (κ1) is 11.4. The van der Waals surface area contributed by atoms with Gasteiger partial charge in [0.25, 0.3) is 0 Å². The molecule has 0 amide bonds. The van der Waals surface area contributed by atoms with Gasteiger partial charge in [-0.2, -0.15) is 0 Å². The van der Waals surface area contributed by atoms with Crippen LogP contribution in [0.15, 0.2) is 34.8 Å². The summed E-state index contributed by atoms with van der Waals surface area (Å²) < 4.78 is 1.06. The van der Waals surface area contributed by atoms with Crippen molar-refractivity contribution < 1.29 is 0 Å². The van der Waals surface area contributed by atoms with Crippen molar-refractivity contribution >= 4 is 54.2 Å². The van der Waals surface area contributed by atoms with Gasteiger partial charge in [0, 0.05) is 14.8 Å². The van der Waals surface area contributed by atoms with Gasteiger partial charge in [0.15, 0.2) is 0 Å². The fourth-order valence-electron chi connectivity index (χ4n) is 1.59. The largest absolute Gasteiger partial charge is 0.0924 e. The van der Waals surface area contributed by atoms with E-state index in [4.69, 9.17) is 11.6 Å². The number of hydrogen-bond donors (Lipinski definition) is 0. The molecule has 2 aromatic carbocycles. The molecule has 0 fully saturated rings. The molecule has 0 aromatic heterocycles. The minimum Gasteiger partial charge on any atom is -0.0924 e. The van der Waals surface area contributed by atoms with Crippen molar-refractivity contribution in [3.8, 4) is 0 Å². The van der Waals surface area contributed by atoms with Crippen LogP contribution < -0.4 is 0 Å². The van der Waals surface area contributed by atoms with Crippen LogP contribution >= 0.6 is 43.5 Å². The van der Waals surface area contributed by atoms with Gasteiger partial charge in [-0.05, 0) is 41.0 Å². The maximum atomic E-state index is 5.99. The van der Waals surface area contributed by atoms with Crippen LogP contribution in [0.25, 0.3) is 10.8 Å². The van der Waals surface area contributed by atoms with Gasteiger partial charge in [-0.1, -0.05) is 55.6 Å². The number of benzene rings is 2. The normalized spacial score (nSPS) is 10.9. The highest BCUT2D eigenvalue weighted by atomic mass is 79.9. The van der Waals surface area contributed by atoms with Crippen molar-refractivity contribution in [2.45, 2.75) is 6.42 Å². The molecule has 0 aliphatic rings. The molecule has 0 heterocycles. The second kappa shape index (κ2) is 4.86. The lowest BCUT2D eigenvalue weighted by atomic mass is 10.1. The van der Waals surface area contributed by atoms with E-state index in [0.29, 0.717) is 0 Å². The molecule has 15 heavy (non-hydrogen) atoms. The summed E-state index contributed by atoms with van der Waals surface area (Å²) in [6.07, 6.45) is 1.05. The molecule has 0 bridgehead atoms. The van der Waals surface area contributed by atoms with E-state index >= 15 is 0 Å². The maximum Gasteiger partial charge on any atom is 0.0423 e. The molecule has 78 valence electrons. The van der Waals surface area contributed by atoms with Crippen LogP contribution in [0.1, 0.15) is 5.56 Å². The molecular weight excluding hydrogens is 339 g/mol. The summed E-state index contributed by atoms with van der Waals surface area (Å²) in [7, 11) is 0. The van der Waals surface area contributed by atoms with Crippen molar-refractivity contribution in [1.29, 1.82) is 0 Å². The van der Waals surface area contributed by atoms with Gasteiger partial charge in [0.1, 0.15) is 0 Å². The number of aryl methyl sites for hydroxylation is 1. The lowest BCUT2D eigenvalue weighted by molar-refractivity contribution is 1.18. The van der Waals surface area contributed by atoms with Crippen LogP contribution in [0.3, 0.4) is 0 Å². The zero-order valence-corrected chi connectivity index (χ0v) is 11.9. The van der Waals surface area contributed by atoms with Crippen LogP contribution in [-0.2, 0) is 6.42 Å². The Morgan fingerprint density at radius 3 is 2.67 bits per heavy atom. The first-order chi connectivity index (χ1) is 7.20. The Labute approximate surface area is 111 Å². The van der Waals surface area contributed by atoms with E-state index in [1.54, 1.807) is 0 Å². The van der Waals surface area contributed by atoms with Crippen LogP contribution in [0, 0.1) is 0 Å². The fourth-order valence-corrected chi connectivity index (χ4v) is 3.00. The molecule has 0 radical (unpaired) electrons. The Balaban J connectivity index is 2.60. The smallest absolute Gasteiger partial charge is 0.0423 e. The molecule has 0 unspecified atom stereocenters. The summed E-state index contributed by atoms with van der Waals surface area (Å²) in [5, 5.41) is 4.15. The Morgan fingerprint density at radius 2 is 1.93 bits per heavy atom. The second-order valence-electron chi connectivity index (χ2n) is 3.38. The molecule has 0 aliphatic heterocycles. The maximum absolute atomic E-state index is 5.99. The first-order valence-corrected chi connectivity index (χ1v) is 6.93. The highest BCUT2D eigenvalue weighted by Crippen LogP contribution is 2.29. The third kappa shape index (κ3) is 2.55. The van der Waals surface area contributed by atoms with Gasteiger partial charge in [-0.25, -0.2) is 0 Å². The quantitative estimate of drug-likeness (QED) is 0.655. The van der Waals surface area contributed by atoms with Gasteiger partial charge in [-0.3, -0.25) is 0 Å². The number of halogens is 3. The summed E-state index contributed by atoms with van der Waals surface area (Å²) in [6, 6.07) is 10.4. The van der Waals surface area contributed by atoms with Gasteiger partial charge in [0.05, 0.1) is 0 Å². The predicted octanol–water partition coefficient (Wildman–Crippen LogP) is 5.19. The number of alkyl halides is 1. The van der Waals surface area contributed by atoms with E-state index in [0.717, 1.165) is 21.2 Å². The number of hydrogen-bond acceptors (Lipinski definition) is 0. The molecule has 0 N–H and O–H groups in total. The van der Waals surface area contributed by atoms with Gasteiger partial charge < -0.3 is 0 Å². The molecular formula is C12H9Br2Cl. The van der Waals surface area contributed by atoms with E-state index < -0.39 is 0 Å². The molecule has 0 spiro atoms. The zero-order chi connectivity index (χ0) is 10.8. The van der Waals surface area contributed by atoms with Gasteiger partial charge >= 0.3 is 0 Å². The number of rotatable bonds is 2. The summed E-state index contributed by atoms with van der Waals surface area (Å²) in [6.45, 7) is 0. The van der Waals surface area contributed by atoms with Crippen molar-refractivity contribution in [2.24, 2.45) is 0 Å². The lowest BCUT2D eigenvalue weighted by Crippen LogP contribution is -1.86. The third-order valence-electron chi connectivity index (χ3n) is 2.32. The molecule has 0 nitrogen and oxygen atoms in total. The van der Waals surface area contributed by atoms with E-state index in [1.165, 1.54) is 16.3 Å². The Morgan fingerprint density at radius 1 is 1.13 bits per heavy atom.